The van der Waals surface area contributed by atoms with Gasteiger partial charge in [-0.2, -0.15) is 5.26 Å². The predicted molar refractivity (Wildman–Crippen MR) is 92.0 cm³/mol. The number of halogens is 2. The van der Waals surface area contributed by atoms with Crippen molar-refractivity contribution in [2.24, 2.45) is 0 Å². The number of amides is 2. The molecule has 2 aromatic rings. The Labute approximate surface area is 149 Å². The Kier molecular flexibility index (Phi) is 4.84. The van der Waals surface area contributed by atoms with E-state index >= 15 is 0 Å². The van der Waals surface area contributed by atoms with Crippen LogP contribution < -0.4 is 5.32 Å². The molecule has 0 atom stereocenters. The molecule has 1 fully saturated rings. The zero-order chi connectivity index (χ0) is 17.1. The van der Waals surface area contributed by atoms with Crippen LogP contribution in [0.25, 0.3) is 11.3 Å². The Morgan fingerprint density at radius 3 is 2.67 bits per heavy atom. The van der Waals surface area contributed by atoms with Crippen molar-refractivity contribution in [2.75, 3.05) is 18.4 Å². The van der Waals surface area contributed by atoms with Crippen LogP contribution in [0, 0.1) is 11.3 Å². The van der Waals surface area contributed by atoms with Gasteiger partial charge < -0.3 is 10.2 Å². The Bertz CT molecular complexity index is 813. The lowest BCUT2D eigenvalue weighted by Crippen LogP contribution is -2.32. The van der Waals surface area contributed by atoms with E-state index in [-0.39, 0.29) is 27.3 Å². The minimum Gasteiger partial charge on any atom is -0.325 e. The van der Waals surface area contributed by atoms with Crippen LogP contribution in [-0.4, -0.2) is 34.0 Å². The van der Waals surface area contributed by atoms with E-state index in [1.54, 1.807) is 11.0 Å². The van der Waals surface area contributed by atoms with Gasteiger partial charge in [-0.25, -0.2) is 4.79 Å². The van der Waals surface area contributed by atoms with Crippen LogP contribution in [0.2, 0.25) is 10.0 Å². The first-order valence-electron chi connectivity index (χ1n) is 7.36. The zero-order valence-electron chi connectivity index (χ0n) is 12.6. The molecule has 8 heteroatoms. The van der Waals surface area contributed by atoms with Crippen LogP contribution in [0.3, 0.4) is 0 Å². The molecule has 122 valence electrons. The third-order valence-electron chi connectivity index (χ3n) is 3.80. The van der Waals surface area contributed by atoms with E-state index in [4.69, 9.17) is 23.2 Å². The number of anilines is 1. The summed E-state index contributed by atoms with van der Waals surface area (Å²) in [5.41, 5.74) is 1.35. The van der Waals surface area contributed by atoms with E-state index < -0.39 is 0 Å². The summed E-state index contributed by atoms with van der Waals surface area (Å²) >= 11 is 12.4. The van der Waals surface area contributed by atoms with Crippen LogP contribution in [0.5, 0.6) is 0 Å². The van der Waals surface area contributed by atoms with Gasteiger partial charge in [-0.05, 0) is 18.9 Å². The maximum Gasteiger partial charge on any atom is 0.321 e. The number of carbonyl (C=O) groups excluding carboxylic acids is 1. The molecular weight excluding hydrogens is 349 g/mol. The van der Waals surface area contributed by atoms with Crippen LogP contribution in [0.15, 0.2) is 24.7 Å². The standard InChI is InChI=1S/C16H13Cl2N5O/c17-12-7-10(13-9-20-3-4-21-13)11(8-19)15(14(12)18)22-16(24)23-5-1-2-6-23/h3-4,7,9H,1-2,5-6H2,(H,22,24). The second kappa shape index (κ2) is 7.04. The number of rotatable bonds is 2. The second-order valence-electron chi connectivity index (χ2n) is 5.30. The first-order valence-corrected chi connectivity index (χ1v) is 8.12. The van der Waals surface area contributed by atoms with Crippen molar-refractivity contribution in [3.63, 3.8) is 0 Å². The van der Waals surface area contributed by atoms with Gasteiger partial charge in [0.2, 0.25) is 0 Å². The number of nitrogens with one attached hydrogen (secondary N) is 1. The molecule has 0 unspecified atom stereocenters. The lowest BCUT2D eigenvalue weighted by molar-refractivity contribution is 0.222. The third-order valence-corrected chi connectivity index (χ3v) is 4.58. The molecule has 0 bridgehead atoms. The summed E-state index contributed by atoms with van der Waals surface area (Å²) < 4.78 is 0. The number of aromatic nitrogens is 2. The quantitative estimate of drug-likeness (QED) is 0.877. The molecular formula is C16H13Cl2N5O. The van der Waals surface area contributed by atoms with Crippen molar-refractivity contribution >= 4 is 34.9 Å². The number of carbonyl (C=O) groups is 1. The van der Waals surface area contributed by atoms with Crippen LogP contribution in [0.4, 0.5) is 10.5 Å². The summed E-state index contributed by atoms with van der Waals surface area (Å²) in [5, 5.41) is 12.7. The number of nitriles is 1. The Hall–Kier alpha value is -2.36. The third kappa shape index (κ3) is 3.14. The molecule has 3 rings (SSSR count). The van der Waals surface area contributed by atoms with Crippen LogP contribution in [0.1, 0.15) is 18.4 Å². The summed E-state index contributed by atoms with van der Waals surface area (Å²) in [7, 11) is 0. The molecule has 1 aliphatic rings. The maximum atomic E-state index is 12.4. The fourth-order valence-corrected chi connectivity index (χ4v) is 3.01. The average molecular weight is 362 g/mol. The van der Waals surface area contributed by atoms with Gasteiger partial charge in [0.1, 0.15) is 6.07 Å². The number of hydrogen-bond donors (Lipinski definition) is 1. The largest absolute Gasteiger partial charge is 0.325 e. The Balaban J connectivity index is 2.06. The number of likely N-dealkylation sites (tertiary alicyclic amines) is 1. The molecule has 1 aromatic heterocycles. The van der Waals surface area contributed by atoms with E-state index in [1.165, 1.54) is 18.6 Å². The van der Waals surface area contributed by atoms with Crippen molar-refractivity contribution in [3.8, 4) is 17.3 Å². The van der Waals surface area contributed by atoms with Gasteiger partial charge >= 0.3 is 6.03 Å². The number of benzene rings is 1. The molecule has 24 heavy (non-hydrogen) atoms. The number of nitrogens with zero attached hydrogens (tertiary/aromatic N) is 4. The highest BCUT2D eigenvalue weighted by Gasteiger charge is 2.23. The molecule has 0 radical (unpaired) electrons. The first-order chi connectivity index (χ1) is 11.6. The summed E-state index contributed by atoms with van der Waals surface area (Å²) in [6, 6.07) is 3.34. The molecule has 2 amide bonds. The van der Waals surface area contributed by atoms with Crippen molar-refractivity contribution in [1.82, 2.24) is 14.9 Å². The van der Waals surface area contributed by atoms with Gasteiger partial charge in [-0.15, -0.1) is 0 Å². The predicted octanol–water partition coefficient (Wildman–Crippen LogP) is 3.95. The highest BCUT2D eigenvalue weighted by molar-refractivity contribution is 6.44. The molecule has 2 heterocycles. The molecule has 6 nitrogen and oxygen atoms in total. The van der Waals surface area contributed by atoms with Crippen molar-refractivity contribution in [3.05, 3.63) is 40.3 Å². The maximum absolute atomic E-state index is 12.4. The fourth-order valence-electron chi connectivity index (χ4n) is 2.61. The van der Waals surface area contributed by atoms with E-state index in [2.05, 4.69) is 21.4 Å². The van der Waals surface area contributed by atoms with Crippen molar-refractivity contribution < 1.29 is 4.79 Å². The summed E-state index contributed by atoms with van der Waals surface area (Å²) in [6.45, 7) is 1.37. The van der Waals surface area contributed by atoms with Gasteiger partial charge in [-0.1, -0.05) is 23.2 Å². The van der Waals surface area contributed by atoms with Gasteiger partial charge in [0.05, 0.1) is 33.2 Å². The monoisotopic (exact) mass is 361 g/mol. The highest BCUT2D eigenvalue weighted by Crippen LogP contribution is 2.39. The van der Waals surface area contributed by atoms with Gasteiger partial charge in [0.25, 0.3) is 0 Å². The van der Waals surface area contributed by atoms with Gasteiger partial charge in [0, 0.05) is 31.0 Å². The summed E-state index contributed by atoms with van der Waals surface area (Å²) in [4.78, 5) is 22.2. The molecule has 0 saturated carbocycles. The Morgan fingerprint density at radius 2 is 2.04 bits per heavy atom. The van der Waals surface area contributed by atoms with Crippen molar-refractivity contribution in [1.29, 1.82) is 5.26 Å². The van der Waals surface area contributed by atoms with E-state index in [1.807, 2.05) is 0 Å². The lowest BCUT2D eigenvalue weighted by Gasteiger charge is -2.19. The molecule has 1 N–H and O–H groups in total. The average Bonchev–Trinajstić information content (AvgIpc) is 3.14. The van der Waals surface area contributed by atoms with E-state index in [0.717, 1.165) is 12.8 Å². The normalized spacial score (nSPS) is 13.6. The van der Waals surface area contributed by atoms with E-state index in [9.17, 15) is 10.1 Å². The first kappa shape index (κ1) is 16.5. The van der Waals surface area contributed by atoms with Crippen LogP contribution >= 0.6 is 23.2 Å². The molecule has 1 aliphatic heterocycles. The van der Waals surface area contributed by atoms with Gasteiger partial charge in [-0.3, -0.25) is 9.97 Å². The smallest absolute Gasteiger partial charge is 0.321 e. The number of hydrogen-bond acceptors (Lipinski definition) is 4. The summed E-state index contributed by atoms with van der Waals surface area (Å²) in [6.07, 6.45) is 6.50. The SMILES string of the molecule is N#Cc1c(-c2cnccn2)cc(Cl)c(Cl)c1NC(=O)N1CCCC1. The molecule has 1 aromatic carbocycles. The molecule has 1 saturated heterocycles. The van der Waals surface area contributed by atoms with Crippen molar-refractivity contribution in [2.45, 2.75) is 12.8 Å². The second-order valence-corrected chi connectivity index (χ2v) is 6.08. The lowest BCUT2D eigenvalue weighted by atomic mass is 10.0. The van der Waals surface area contributed by atoms with Crippen LogP contribution in [-0.2, 0) is 0 Å². The van der Waals surface area contributed by atoms with E-state index in [0.29, 0.717) is 24.3 Å². The van der Waals surface area contributed by atoms with Gasteiger partial charge in [0.15, 0.2) is 0 Å². The fraction of sp³-hybridized carbons (Fsp3) is 0.250. The number of urea groups is 1. The highest BCUT2D eigenvalue weighted by atomic mass is 35.5. The molecule has 0 spiro atoms. The zero-order valence-corrected chi connectivity index (χ0v) is 14.1. The topological polar surface area (TPSA) is 81.9 Å². The molecule has 0 aliphatic carbocycles. The minimum absolute atomic E-state index is 0.133. The minimum atomic E-state index is -0.293. The summed E-state index contributed by atoms with van der Waals surface area (Å²) in [5.74, 6) is 0. The Morgan fingerprint density at radius 1 is 1.29 bits per heavy atom.